The summed E-state index contributed by atoms with van der Waals surface area (Å²) < 4.78 is 28.9. The molecule has 1 N–H and O–H groups in total. The lowest BCUT2D eigenvalue weighted by molar-refractivity contribution is -0.377. The summed E-state index contributed by atoms with van der Waals surface area (Å²) in [4.78, 5) is 34.6. The van der Waals surface area contributed by atoms with E-state index in [1.165, 1.54) is 7.11 Å². The number of hydrogen-bond acceptors (Lipinski definition) is 8. The van der Waals surface area contributed by atoms with Crippen molar-refractivity contribution in [3.8, 4) is 17.2 Å². The minimum atomic E-state index is -0.787. The summed E-state index contributed by atoms with van der Waals surface area (Å²) in [5, 5.41) is 0.810. The highest BCUT2D eigenvalue weighted by Crippen LogP contribution is 2.36. The molecule has 2 atom stereocenters. The first-order valence-corrected chi connectivity index (χ1v) is 17.2. The van der Waals surface area contributed by atoms with Gasteiger partial charge in [-0.25, -0.2) is 14.6 Å². The molecule has 3 aliphatic heterocycles. The Labute approximate surface area is 301 Å². The number of hydrogen-bond donors (Lipinski definition) is 0. The molecule has 1 aromatic heterocycles. The topological polar surface area (TPSA) is 101 Å². The van der Waals surface area contributed by atoms with Crippen molar-refractivity contribution in [1.82, 2.24) is 4.90 Å². The molecule has 2 bridgehead atoms. The van der Waals surface area contributed by atoms with Crippen LogP contribution in [-0.2, 0) is 22.4 Å². The molecule has 3 aromatic carbocycles. The first-order valence-electron chi connectivity index (χ1n) is 16.5. The number of nitrogens with zero attached hydrogens (tertiary/aromatic N) is 2. The summed E-state index contributed by atoms with van der Waals surface area (Å²) in [7, 11) is 4.65. The van der Waals surface area contributed by atoms with Gasteiger partial charge in [0, 0.05) is 18.5 Å². The third kappa shape index (κ3) is 7.93. The first kappa shape index (κ1) is 35.3. The van der Waals surface area contributed by atoms with Gasteiger partial charge in [0.05, 0.1) is 39.1 Å². The summed E-state index contributed by atoms with van der Waals surface area (Å²) in [6.45, 7) is 2.94. The largest absolute Gasteiger partial charge is 0.495 e. The van der Waals surface area contributed by atoms with Crippen LogP contribution < -0.4 is 24.1 Å². The predicted molar refractivity (Wildman–Crippen MR) is 189 cm³/mol. The van der Waals surface area contributed by atoms with Gasteiger partial charge in [0.25, 0.3) is 0 Å². The molecule has 12 heteroatoms. The fourth-order valence-electron chi connectivity index (χ4n) is 6.65. The molecule has 7 rings (SSSR count). The van der Waals surface area contributed by atoms with Crippen molar-refractivity contribution < 1.29 is 38.3 Å². The summed E-state index contributed by atoms with van der Waals surface area (Å²) in [5.41, 5.74) is 2.84. The monoisotopic (exact) mass is 720 g/mol. The van der Waals surface area contributed by atoms with E-state index in [1.807, 2.05) is 24.3 Å². The standard InChI is InChI=1S/C38H39Cl2N3O7/c1-46-32-10-5-4-9-31(32)43(38(45)50-36-23-42-15-13-25(36)14-16-42)22-24-7-6-8-27(17-24)37(44)49-34(19-28-29(39)20-41-21-30(28)40)26-11-12-33(47-2)35(18-26)48-3/h4-12,17-18,20-21,25,34,36H,13-16,19,22-23H2,1-3H3/p+1/t34-,36-/m0/s1. The number of ether oxygens (including phenoxy) is 5. The molecular weight excluding hydrogens is 681 g/mol. The van der Waals surface area contributed by atoms with Crippen molar-refractivity contribution in [2.24, 2.45) is 5.92 Å². The molecule has 0 aliphatic carbocycles. The molecule has 0 radical (unpaired) electrons. The van der Waals surface area contributed by atoms with Gasteiger partial charge >= 0.3 is 12.1 Å². The van der Waals surface area contributed by atoms with Crippen LogP contribution in [0.25, 0.3) is 0 Å². The molecule has 4 heterocycles. The number of aromatic nitrogens is 1. The number of piperidine rings is 3. The molecule has 0 unspecified atom stereocenters. The fourth-order valence-corrected chi connectivity index (χ4v) is 7.18. The van der Waals surface area contributed by atoms with Gasteiger partial charge in [0.15, 0.2) is 23.9 Å². The Morgan fingerprint density at radius 2 is 1.60 bits per heavy atom. The third-order valence-electron chi connectivity index (χ3n) is 9.36. The Hall–Kier alpha value is -4.51. The van der Waals surface area contributed by atoms with E-state index in [4.69, 9.17) is 46.9 Å². The molecule has 0 spiro atoms. The number of pyridine rings is 1. The van der Waals surface area contributed by atoms with Gasteiger partial charge in [0.1, 0.15) is 28.0 Å². The lowest BCUT2D eigenvalue weighted by Crippen LogP contribution is -2.53. The van der Waals surface area contributed by atoms with Crippen LogP contribution in [0.5, 0.6) is 17.2 Å². The number of amides is 1. The van der Waals surface area contributed by atoms with Crippen molar-refractivity contribution in [1.29, 1.82) is 0 Å². The van der Waals surface area contributed by atoms with E-state index in [1.54, 1.807) is 74.0 Å². The molecule has 10 nitrogen and oxygen atoms in total. The molecule has 262 valence electrons. The van der Waals surface area contributed by atoms with Crippen molar-refractivity contribution in [3.05, 3.63) is 111 Å². The Morgan fingerprint density at radius 1 is 0.880 bits per heavy atom. The van der Waals surface area contributed by atoms with Gasteiger partial charge in [-0.15, -0.1) is 0 Å². The Bertz CT molecular complexity index is 1810. The second-order valence-electron chi connectivity index (χ2n) is 12.4. The molecule has 4 aromatic rings. The normalized spacial score (nSPS) is 18.5. The van der Waals surface area contributed by atoms with E-state index in [9.17, 15) is 9.59 Å². The number of carbonyl (C=O) groups is 2. The van der Waals surface area contributed by atoms with E-state index < -0.39 is 18.2 Å². The Kier molecular flexibility index (Phi) is 11.3. The minimum Gasteiger partial charge on any atom is -0.495 e. The highest BCUT2D eigenvalue weighted by molar-refractivity contribution is 6.35. The maximum absolute atomic E-state index is 13.9. The van der Waals surface area contributed by atoms with Gasteiger partial charge in [-0.3, -0.25) is 9.80 Å². The van der Waals surface area contributed by atoms with Crippen LogP contribution in [0.2, 0.25) is 10.0 Å². The van der Waals surface area contributed by atoms with Crippen molar-refractivity contribution in [2.45, 2.75) is 38.0 Å². The van der Waals surface area contributed by atoms with Crippen molar-refractivity contribution in [3.63, 3.8) is 0 Å². The number of rotatable bonds is 12. The molecule has 3 fully saturated rings. The zero-order valence-electron chi connectivity index (χ0n) is 28.2. The zero-order valence-corrected chi connectivity index (χ0v) is 29.7. The van der Waals surface area contributed by atoms with Crippen LogP contribution in [0.4, 0.5) is 10.5 Å². The fraction of sp³-hybridized carbons (Fsp3) is 0.342. The number of methoxy groups -OCH3 is 3. The number of H-pyrrole nitrogens is 1. The number of aromatic amines is 1. The maximum Gasteiger partial charge on any atom is 0.415 e. The average Bonchev–Trinajstić information content (AvgIpc) is 3.15. The Balaban J connectivity index is 1.27. The number of fused-ring (bicyclic) bond motifs is 3. The lowest BCUT2D eigenvalue weighted by Gasteiger charge is -2.44. The number of anilines is 1. The molecule has 50 heavy (non-hydrogen) atoms. The quantitative estimate of drug-likeness (QED) is 0.142. The number of esters is 1. The van der Waals surface area contributed by atoms with Crippen LogP contribution in [0.1, 0.15) is 46.0 Å². The van der Waals surface area contributed by atoms with Crippen molar-refractivity contribution >= 4 is 41.0 Å². The van der Waals surface area contributed by atoms with Gasteiger partial charge < -0.3 is 23.7 Å². The second-order valence-corrected chi connectivity index (χ2v) is 13.2. The number of carbonyl (C=O) groups excluding carboxylic acids is 2. The van der Waals surface area contributed by atoms with Crippen LogP contribution in [0.15, 0.2) is 79.1 Å². The summed E-state index contributed by atoms with van der Waals surface area (Å²) in [6, 6.07) is 19.6. The van der Waals surface area contributed by atoms with Gasteiger partial charge in [-0.05, 0) is 79.4 Å². The SMILES string of the molecule is COc1ccc([C@H](Cc2c(Cl)c[nH+]cc2Cl)OC(=O)c2cccc(CN(C(=O)O[C@H]3CN4CCC3CC4)c3ccccc3OC)c2)cc1OC. The average molecular weight is 722 g/mol. The van der Waals surface area contributed by atoms with Gasteiger partial charge in [-0.2, -0.15) is 0 Å². The highest BCUT2D eigenvalue weighted by atomic mass is 35.5. The highest BCUT2D eigenvalue weighted by Gasteiger charge is 2.38. The summed E-state index contributed by atoms with van der Waals surface area (Å²) in [6.07, 6.45) is 4.03. The van der Waals surface area contributed by atoms with Crippen molar-refractivity contribution in [2.75, 3.05) is 45.9 Å². The van der Waals surface area contributed by atoms with Gasteiger partial charge in [-0.1, -0.05) is 53.5 Å². The minimum absolute atomic E-state index is 0.131. The summed E-state index contributed by atoms with van der Waals surface area (Å²) in [5.74, 6) is 1.32. The van der Waals surface area contributed by atoms with E-state index in [0.717, 1.165) is 32.5 Å². The van der Waals surface area contributed by atoms with E-state index in [-0.39, 0.29) is 19.1 Å². The zero-order chi connectivity index (χ0) is 35.2. The third-order valence-corrected chi connectivity index (χ3v) is 10.0. The maximum atomic E-state index is 13.9. The smallest absolute Gasteiger partial charge is 0.415 e. The van der Waals surface area contributed by atoms with Crippen LogP contribution in [-0.4, -0.2) is 64.0 Å². The second kappa shape index (κ2) is 16.0. The van der Waals surface area contributed by atoms with Crippen LogP contribution in [0, 0.1) is 5.92 Å². The molecule has 3 aliphatic rings. The van der Waals surface area contributed by atoms with E-state index in [0.29, 0.717) is 61.2 Å². The summed E-state index contributed by atoms with van der Waals surface area (Å²) >= 11 is 13.0. The lowest BCUT2D eigenvalue weighted by atomic mass is 9.86. The first-order chi connectivity index (χ1) is 24.3. The van der Waals surface area contributed by atoms with Gasteiger partial charge in [0.2, 0.25) is 0 Å². The van der Waals surface area contributed by atoms with Crippen LogP contribution >= 0.6 is 23.2 Å². The Morgan fingerprint density at radius 3 is 2.28 bits per heavy atom. The molecule has 1 amide bonds. The molecular formula is C38H40Cl2N3O7+. The number of halogens is 2. The van der Waals surface area contributed by atoms with Crippen LogP contribution in [0.3, 0.4) is 0 Å². The number of benzene rings is 3. The molecule has 3 saturated heterocycles. The predicted octanol–water partition coefficient (Wildman–Crippen LogP) is 7.21. The van der Waals surface area contributed by atoms with E-state index >= 15 is 0 Å². The van der Waals surface area contributed by atoms with E-state index in [2.05, 4.69) is 9.88 Å². The molecule has 0 saturated carbocycles. The number of para-hydroxylation sites is 2. The number of nitrogens with one attached hydrogen (secondary N) is 1.